The molecule has 0 amide bonds. The average Bonchev–Trinajstić information content (AvgIpc) is 2.69. The van der Waals surface area contributed by atoms with Crippen molar-refractivity contribution in [3.05, 3.63) is 45.4 Å². The highest BCUT2D eigenvalue weighted by molar-refractivity contribution is 7.71. The molecule has 0 radical (unpaired) electrons. The van der Waals surface area contributed by atoms with Gasteiger partial charge in [-0.2, -0.15) is 14.9 Å². The number of H-pyrrole nitrogens is 1. The fourth-order valence-corrected chi connectivity index (χ4v) is 1.94. The summed E-state index contributed by atoms with van der Waals surface area (Å²) in [6.45, 7) is 2.09. The minimum Gasteiger partial charge on any atom is -0.250 e. The zero-order chi connectivity index (χ0) is 13.0. The molecule has 18 heavy (non-hydrogen) atoms. The Morgan fingerprint density at radius 3 is 3.11 bits per heavy atom. The number of aromatic nitrogens is 3. The fourth-order valence-electron chi connectivity index (χ4n) is 1.54. The first-order valence-electron chi connectivity index (χ1n) is 5.67. The van der Waals surface area contributed by atoms with E-state index < -0.39 is 0 Å². The van der Waals surface area contributed by atoms with Crippen molar-refractivity contribution in [2.45, 2.75) is 19.8 Å². The Hall–Kier alpha value is -1.46. The van der Waals surface area contributed by atoms with Gasteiger partial charge in [-0.15, -0.1) is 0 Å². The largest absolute Gasteiger partial charge is 0.250 e. The molecule has 0 unspecified atom stereocenters. The quantitative estimate of drug-likeness (QED) is 0.689. The third-order valence-corrected chi connectivity index (χ3v) is 2.86. The summed E-state index contributed by atoms with van der Waals surface area (Å²) in [6, 6.07) is 7.48. The summed E-state index contributed by atoms with van der Waals surface area (Å²) in [5.41, 5.74) is 0.924. The van der Waals surface area contributed by atoms with Gasteiger partial charge in [-0.1, -0.05) is 30.7 Å². The zero-order valence-corrected chi connectivity index (χ0v) is 11.5. The van der Waals surface area contributed by atoms with E-state index in [-0.39, 0.29) is 0 Å². The van der Waals surface area contributed by atoms with Gasteiger partial charge in [0.2, 0.25) is 4.77 Å². The predicted molar refractivity (Wildman–Crippen MR) is 75.9 cm³/mol. The molecule has 0 aliphatic rings. The maximum Gasteiger partial charge on any atom is 0.216 e. The second kappa shape index (κ2) is 5.93. The van der Waals surface area contributed by atoms with Crippen molar-refractivity contribution in [1.29, 1.82) is 0 Å². The van der Waals surface area contributed by atoms with Crippen LogP contribution in [-0.4, -0.2) is 21.1 Å². The van der Waals surface area contributed by atoms with E-state index in [0.29, 0.717) is 9.79 Å². The van der Waals surface area contributed by atoms with Crippen LogP contribution >= 0.6 is 23.8 Å². The summed E-state index contributed by atoms with van der Waals surface area (Å²) in [5.74, 6) is 0.834. The van der Waals surface area contributed by atoms with Crippen LogP contribution in [0.15, 0.2) is 29.4 Å². The van der Waals surface area contributed by atoms with Crippen LogP contribution in [0.4, 0.5) is 0 Å². The van der Waals surface area contributed by atoms with Crippen LogP contribution in [0.5, 0.6) is 0 Å². The van der Waals surface area contributed by atoms with Crippen molar-refractivity contribution in [1.82, 2.24) is 14.9 Å². The maximum atomic E-state index is 5.91. The minimum atomic E-state index is 0.497. The molecule has 1 N–H and O–H groups in total. The lowest BCUT2D eigenvalue weighted by atomic mass is 10.2. The molecule has 2 aromatic rings. The van der Waals surface area contributed by atoms with Crippen LogP contribution in [0, 0.1) is 4.77 Å². The van der Waals surface area contributed by atoms with Crippen molar-refractivity contribution < 1.29 is 0 Å². The summed E-state index contributed by atoms with van der Waals surface area (Å²) in [7, 11) is 0. The Labute approximate surface area is 115 Å². The van der Waals surface area contributed by atoms with Gasteiger partial charge in [-0.05, 0) is 36.3 Å². The molecule has 1 aromatic carbocycles. The van der Waals surface area contributed by atoms with Gasteiger partial charge < -0.3 is 0 Å². The van der Waals surface area contributed by atoms with Crippen molar-refractivity contribution in [3.8, 4) is 0 Å². The second-order valence-electron chi connectivity index (χ2n) is 3.81. The van der Waals surface area contributed by atoms with Gasteiger partial charge in [-0.25, -0.2) is 0 Å². The maximum absolute atomic E-state index is 5.91. The predicted octanol–water partition coefficient (Wildman–Crippen LogP) is 3.43. The normalized spacial score (nSPS) is 11.2. The van der Waals surface area contributed by atoms with Gasteiger partial charge >= 0.3 is 0 Å². The van der Waals surface area contributed by atoms with Crippen LogP contribution in [-0.2, 0) is 6.42 Å². The van der Waals surface area contributed by atoms with Crippen LogP contribution in [0.1, 0.15) is 24.7 Å². The number of halogens is 1. The zero-order valence-electron chi connectivity index (χ0n) is 9.93. The highest BCUT2D eigenvalue weighted by atomic mass is 35.5. The molecule has 4 nitrogen and oxygen atoms in total. The number of nitrogens with one attached hydrogen (secondary N) is 1. The van der Waals surface area contributed by atoms with Crippen molar-refractivity contribution in [2.24, 2.45) is 5.10 Å². The van der Waals surface area contributed by atoms with Crippen LogP contribution in [0.2, 0.25) is 5.02 Å². The van der Waals surface area contributed by atoms with Crippen LogP contribution in [0.3, 0.4) is 0 Å². The number of benzene rings is 1. The number of hydrogen-bond acceptors (Lipinski definition) is 3. The van der Waals surface area contributed by atoms with E-state index in [0.717, 1.165) is 24.2 Å². The number of rotatable bonds is 4. The standard InChI is InChI=1S/C12H13ClN4S/c1-2-4-11-15-16-12(18)17(11)14-8-9-5-3-6-10(13)7-9/h3,5-8H,2,4H2,1H3,(H,16,18)/b14-8-. The molecular weight excluding hydrogens is 268 g/mol. The minimum absolute atomic E-state index is 0.497. The lowest BCUT2D eigenvalue weighted by molar-refractivity contribution is 0.740. The lowest BCUT2D eigenvalue weighted by Gasteiger charge is -1.98. The Kier molecular flexibility index (Phi) is 4.28. The first kappa shape index (κ1) is 13.0. The van der Waals surface area contributed by atoms with Gasteiger partial charge in [0.05, 0.1) is 6.21 Å². The molecule has 0 bridgehead atoms. The SMILES string of the molecule is CCCc1n[nH]c(=S)n1/N=C\c1cccc(Cl)c1. The molecule has 6 heteroatoms. The van der Waals surface area contributed by atoms with Crippen LogP contribution < -0.4 is 0 Å². The molecule has 0 aliphatic heterocycles. The highest BCUT2D eigenvalue weighted by Crippen LogP contribution is 2.09. The van der Waals surface area contributed by atoms with Crippen molar-refractivity contribution in [2.75, 3.05) is 0 Å². The second-order valence-corrected chi connectivity index (χ2v) is 4.63. The molecule has 0 spiro atoms. The molecule has 94 valence electrons. The summed E-state index contributed by atoms with van der Waals surface area (Å²) in [6.07, 6.45) is 3.54. The van der Waals surface area contributed by atoms with Crippen molar-refractivity contribution >= 4 is 30.0 Å². The third-order valence-electron chi connectivity index (χ3n) is 2.36. The molecular formula is C12H13ClN4S. The highest BCUT2D eigenvalue weighted by Gasteiger charge is 2.02. The average molecular weight is 281 g/mol. The molecule has 0 fully saturated rings. The number of nitrogens with zero attached hydrogens (tertiary/aromatic N) is 3. The fraction of sp³-hybridized carbons (Fsp3) is 0.250. The van der Waals surface area contributed by atoms with Gasteiger partial charge in [0.1, 0.15) is 0 Å². The molecule has 0 atom stereocenters. The van der Waals surface area contributed by atoms with E-state index in [1.165, 1.54) is 0 Å². The summed E-state index contributed by atoms with van der Waals surface area (Å²) >= 11 is 11.0. The third kappa shape index (κ3) is 3.05. The number of hydrogen-bond donors (Lipinski definition) is 1. The topological polar surface area (TPSA) is 46.0 Å². The first-order valence-corrected chi connectivity index (χ1v) is 6.45. The van der Waals surface area contributed by atoms with E-state index in [9.17, 15) is 0 Å². The van der Waals surface area contributed by atoms with Crippen LogP contribution in [0.25, 0.3) is 0 Å². The molecule has 2 rings (SSSR count). The smallest absolute Gasteiger partial charge is 0.216 e. The van der Waals surface area contributed by atoms with Crippen molar-refractivity contribution in [3.63, 3.8) is 0 Å². The monoisotopic (exact) mass is 280 g/mol. The van der Waals surface area contributed by atoms with Gasteiger partial charge in [0.25, 0.3) is 0 Å². The molecule has 0 saturated carbocycles. The first-order chi connectivity index (χ1) is 8.70. The molecule has 0 saturated heterocycles. The summed E-state index contributed by atoms with van der Waals surface area (Å²) in [5, 5.41) is 11.9. The Morgan fingerprint density at radius 1 is 1.56 bits per heavy atom. The van der Waals surface area contributed by atoms with Gasteiger partial charge in [0.15, 0.2) is 5.82 Å². The van der Waals surface area contributed by atoms with E-state index in [2.05, 4.69) is 22.2 Å². The van der Waals surface area contributed by atoms with E-state index in [1.54, 1.807) is 10.9 Å². The Morgan fingerprint density at radius 2 is 2.39 bits per heavy atom. The lowest BCUT2D eigenvalue weighted by Crippen LogP contribution is -1.98. The summed E-state index contributed by atoms with van der Waals surface area (Å²) in [4.78, 5) is 0. The van der Waals surface area contributed by atoms with Gasteiger partial charge in [0, 0.05) is 11.4 Å². The number of aryl methyl sites for hydroxylation is 1. The van der Waals surface area contributed by atoms with Gasteiger partial charge in [-0.3, -0.25) is 5.10 Å². The number of aromatic amines is 1. The molecule has 1 heterocycles. The van der Waals surface area contributed by atoms with E-state index >= 15 is 0 Å². The van der Waals surface area contributed by atoms with E-state index in [4.69, 9.17) is 23.8 Å². The Balaban J connectivity index is 2.28. The molecule has 1 aromatic heterocycles. The summed E-state index contributed by atoms with van der Waals surface area (Å²) < 4.78 is 2.14. The Bertz CT molecular complexity index is 615. The molecule has 0 aliphatic carbocycles. The van der Waals surface area contributed by atoms with E-state index in [1.807, 2.05) is 24.3 Å².